The van der Waals surface area contributed by atoms with E-state index in [4.69, 9.17) is 10.5 Å². The summed E-state index contributed by atoms with van der Waals surface area (Å²) >= 11 is 0. The first-order valence-corrected chi connectivity index (χ1v) is 7.63. The van der Waals surface area contributed by atoms with Gasteiger partial charge in [0.2, 0.25) is 0 Å². The van der Waals surface area contributed by atoms with Gasteiger partial charge in [0, 0.05) is 32.2 Å². The van der Waals surface area contributed by atoms with E-state index in [0.29, 0.717) is 6.04 Å². The van der Waals surface area contributed by atoms with E-state index in [1.807, 2.05) is 6.07 Å². The summed E-state index contributed by atoms with van der Waals surface area (Å²) < 4.78 is 5.95. The summed E-state index contributed by atoms with van der Waals surface area (Å²) in [6.07, 6.45) is 1.39. The van der Waals surface area contributed by atoms with Crippen molar-refractivity contribution in [3.8, 4) is 0 Å². The summed E-state index contributed by atoms with van der Waals surface area (Å²) in [5, 5.41) is 0. The fourth-order valence-electron chi connectivity index (χ4n) is 3.32. The average Bonchev–Trinajstić information content (AvgIpc) is 2.84. The molecule has 2 aliphatic rings. The monoisotopic (exact) mass is 275 g/mol. The first kappa shape index (κ1) is 13.7. The third-order valence-corrected chi connectivity index (χ3v) is 4.44. The number of morpholine rings is 1. The fraction of sp³-hybridized carbons (Fsp3) is 0.625. The molecule has 0 aromatic heterocycles. The summed E-state index contributed by atoms with van der Waals surface area (Å²) in [5.74, 6) is 0. The van der Waals surface area contributed by atoms with E-state index in [1.54, 1.807) is 0 Å². The molecule has 1 saturated heterocycles. The Kier molecular flexibility index (Phi) is 3.85. The van der Waals surface area contributed by atoms with Gasteiger partial charge in [0.1, 0.15) is 0 Å². The van der Waals surface area contributed by atoms with Crippen molar-refractivity contribution in [2.24, 2.45) is 0 Å². The molecule has 2 N–H and O–H groups in total. The Morgan fingerprint density at radius 3 is 3.00 bits per heavy atom. The van der Waals surface area contributed by atoms with Crippen molar-refractivity contribution in [2.45, 2.75) is 32.4 Å². The Hall–Kier alpha value is -1.26. The van der Waals surface area contributed by atoms with Crippen molar-refractivity contribution in [2.75, 3.05) is 43.4 Å². The zero-order chi connectivity index (χ0) is 14.1. The molecule has 0 saturated carbocycles. The average molecular weight is 275 g/mol. The van der Waals surface area contributed by atoms with Crippen LogP contribution in [-0.2, 0) is 11.2 Å². The van der Waals surface area contributed by atoms with Crippen molar-refractivity contribution in [1.82, 2.24) is 4.90 Å². The van der Waals surface area contributed by atoms with Gasteiger partial charge in [0.05, 0.1) is 24.1 Å². The van der Waals surface area contributed by atoms with Gasteiger partial charge in [-0.05, 0) is 31.9 Å². The number of nitrogens with zero attached hydrogens (tertiary/aromatic N) is 2. The second kappa shape index (κ2) is 5.62. The largest absolute Gasteiger partial charge is 0.397 e. The molecule has 0 bridgehead atoms. The maximum Gasteiger partial charge on any atom is 0.0877 e. The number of nitrogens with two attached hydrogens (primary N) is 1. The first-order chi connectivity index (χ1) is 9.65. The van der Waals surface area contributed by atoms with Crippen LogP contribution in [0.15, 0.2) is 18.2 Å². The quantitative estimate of drug-likeness (QED) is 0.853. The Balaban J connectivity index is 1.68. The fourth-order valence-corrected chi connectivity index (χ4v) is 3.32. The van der Waals surface area contributed by atoms with E-state index in [1.165, 1.54) is 11.3 Å². The number of rotatable bonds is 3. The van der Waals surface area contributed by atoms with E-state index in [9.17, 15) is 0 Å². The van der Waals surface area contributed by atoms with Gasteiger partial charge in [-0.15, -0.1) is 0 Å². The van der Waals surface area contributed by atoms with Crippen LogP contribution < -0.4 is 10.6 Å². The van der Waals surface area contributed by atoms with Crippen molar-refractivity contribution >= 4 is 11.4 Å². The normalized spacial score (nSPS) is 23.4. The molecule has 0 aliphatic carbocycles. The number of ether oxygens (including phenoxy) is 1. The molecule has 1 fully saturated rings. The van der Waals surface area contributed by atoms with Gasteiger partial charge in [-0.2, -0.15) is 0 Å². The van der Waals surface area contributed by atoms with Crippen LogP contribution in [0.1, 0.15) is 19.4 Å². The Morgan fingerprint density at radius 1 is 1.35 bits per heavy atom. The van der Waals surface area contributed by atoms with Crippen LogP contribution >= 0.6 is 0 Å². The molecule has 0 radical (unpaired) electrons. The Labute approximate surface area is 121 Å². The van der Waals surface area contributed by atoms with Crippen LogP contribution in [0.3, 0.4) is 0 Å². The van der Waals surface area contributed by atoms with Gasteiger partial charge >= 0.3 is 0 Å². The molecule has 4 nitrogen and oxygen atoms in total. The number of anilines is 2. The molecule has 1 atom stereocenters. The number of nitrogen functional groups attached to an aromatic ring is 1. The smallest absolute Gasteiger partial charge is 0.0877 e. The van der Waals surface area contributed by atoms with Crippen molar-refractivity contribution in [1.29, 1.82) is 0 Å². The van der Waals surface area contributed by atoms with Crippen LogP contribution in [0.4, 0.5) is 11.4 Å². The molecule has 20 heavy (non-hydrogen) atoms. The molecular formula is C16H25N3O. The van der Waals surface area contributed by atoms with Gasteiger partial charge in [-0.25, -0.2) is 0 Å². The number of fused-ring (bicyclic) bond motifs is 1. The standard InChI is InChI=1S/C16H25N3O/c1-12(2)18-8-9-20-14(10-18)11-19-7-6-13-4-3-5-15(17)16(13)19/h3-5,12,14H,6-11,17H2,1-2H3. The van der Waals surface area contributed by atoms with Crippen LogP contribution in [0.25, 0.3) is 0 Å². The number of para-hydroxylation sites is 1. The first-order valence-electron chi connectivity index (χ1n) is 7.63. The maximum atomic E-state index is 6.15. The molecule has 110 valence electrons. The third-order valence-electron chi connectivity index (χ3n) is 4.44. The number of hydrogen-bond donors (Lipinski definition) is 1. The lowest BCUT2D eigenvalue weighted by molar-refractivity contribution is -0.0340. The highest BCUT2D eigenvalue weighted by Crippen LogP contribution is 2.33. The molecular weight excluding hydrogens is 250 g/mol. The molecule has 2 heterocycles. The van der Waals surface area contributed by atoms with Crippen molar-refractivity contribution in [3.63, 3.8) is 0 Å². The van der Waals surface area contributed by atoms with Gasteiger partial charge in [0.15, 0.2) is 0 Å². The summed E-state index contributed by atoms with van der Waals surface area (Å²) in [7, 11) is 0. The maximum absolute atomic E-state index is 6.15. The van der Waals surface area contributed by atoms with Gasteiger partial charge in [-0.3, -0.25) is 4.90 Å². The minimum Gasteiger partial charge on any atom is -0.397 e. The lowest BCUT2D eigenvalue weighted by atomic mass is 10.1. The predicted molar refractivity (Wildman–Crippen MR) is 83.2 cm³/mol. The Bertz CT molecular complexity index is 475. The second-order valence-corrected chi connectivity index (χ2v) is 6.13. The van der Waals surface area contributed by atoms with Crippen LogP contribution in [-0.4, -0.2) is 49.8 Å². The SMILES string of the molecule is CC(C)N1CCOC(CN2CCc3cccc(N)c32)C1. The van der Waals surface area contributed by atoms with Gasteiger partial charge < -0.3 is 15.4 Å². The lowest BCUT2D eigenvalue weighted by Gasteiger charge is -2.37. The topological polar surface area (TPSA) is 41.7 Å². The Morgan fingerprint density at radius 2 is 2.20 bits per heavy atom. The summed E-state index contributed by atoms with van der Waals surface area (Å²) in [6.45, 7) is 9.43. The second-order valence-electron chi connectivity index (χ2n) is 6.13. The van der Waals surface area contributed by atoms with E-state index in [2.05, 4.69) is 35.8 Å². The molecule has 3 rings (SSSR count). The molecule has 1 unspecified atom stereocenters. The third kappa shape index (κ3) is 2.63. The highest BCUT2D eigenvalue weighted by molar-refractivity contribution is 5.74. The van der Waals surface area contributed by atoms with E-state index in [0.717, 1.165) is 44.9 Å². The molecule has 2 aliphatic heterocycles. The van der Waals surface area contributed by atoms with Gasteiger partial charge in [-0.1, -0.05) is 12.1 Å². The molecule has 1 aromatic carbocycles. The van der Waals surface area contributed by atoms with E-state index < -0.39 is 0 Å². The zero-order valence-corrected chi connectivity index (χ0v) is 12.5. The predicted octanol–water partition coefficient (Wildman–Crippen LogP) is 1.74. The molecule has 4 heteroatoms. The van der Waals surface area contributed by atoms with Crippen LogP contribution in [0.2, 0.25) is 0 Å². The van der Waals surface area contributed by atoms with Gasteiger partial charge in [0.25, 0.3) is 0 Å². The highest BCUT2D eigenvalue weighted by atomic mass is 16.5. The summed E-state index contributed by atoms with van der Waals surface area (Å²) in [4.78, 5) is 4.90. The molecule has 1 aromatic rings. The minimum absolute atomic E-state index is 0.289. The van der Waals surface area contributed by atoms with Crippen molar-refractivity contribution < 1.29 is 4.74 Å². The molecule has 0 spiro atoms. The van der Waals surface area contributed by atoms with Crippen LogP contribution in [0, 0.1) is 0 Å². The van der Waals surface area contributed by atoms with E-state index >= 15 is 0 Å². The minimum atomic E-state index is 0.289. The van der Waals surface area contributed by atoms with E-state index in [-0.39, 0.29) is 6.10 Å². The van der Waals surface area contributed by atoms with Crippen LogP contribution in [0.5, 0.6) is 0 Å². The molecule has 0 amide bonds. The lowest BCUT2D eigenvalue weighted by Crippen LogP contribution is -2.49. The number of benzene rings is 1. The summed E-state index contributed by atoms with van der Waals surface area (Å²) in [5.41, 5.74) is 9.66. The zero-order valence-electron chi connectivity index (χ0n) is 12.5. The summed E-state index contributed by atoms with van der Waals surface area (Å²) in [6, 6.07) is 6.83. The highest BCUT2D eigenvalue weighted by Gasteiger charge is 2.28. The number of hydrogen-bond acceptors (Lipinski definition) is 4. The van der Waals surface area contributed by atoms with Crippen molar-refractivity contribution in [3.05, 3.63) is 23.8 Å².